The number of aromatic nitrogens is 2. The number of para-hydroxylation sites is 3. The number of hydrogen-bond acceptors (Lipinski definition) is 1. The molecule has 0 bridgehead atoms. The van der Waals surface area contributed by atoms with Crippen LogP contribution in [0.4, 0.5) is 17.1 Å². The molecule has 11 aromatic rings. The Morgan fingerprint density at radius 2 is 0.818 bits per heavy atom. The van der Waals surface area contributed by atoms with Crippen molar-refractivity contribution in [3.8, 4) is 22.5 Å². The van der Waals surface area contributed by atoms with E-state index in [4.69, 9.17) is 0 Å². The zero-order chi connectivity index (χ0) is 36.3. The van der Waals surface area contributed by atoms with Gasteiger partial charge in [-0.25, -0.2) is 0 Å². The fraction of sp³-hybridized carbons (Fsp3) is 0. The molecule has 0 atom stereocenters. The maximum absolute atomic E-state index is 2.43. The Balaban J connectivity index is 1.22. The Kier molecular flexibility index (Phi) is 7.17. The zero-order valence-corrected chi connectivity index (χ0v) is 30.0. The lowest BCUT2D eigenvalue weighted by Crippen LogP contribution is -2.10. The predicted molar refractivity (Wildman–Crippen MR) is 233 cm³/mol. The summed E-state index contributed by atoms with van der Waals surface area (Å²) >= 11 is 0. The normalized spacial score (nSPS) is 11.6. The van der Waals surface area contributed by atoms with E-state index in [0.717, 1.165) is 28.4 Å². The molecule has 0 aliphatic rings. The van der Waals surface area contributed by atoms with Crippen molar-refractivity contribution in [2.24, 2.45) is 0 Å². The maximum atomic E-state index is 2.43. The van der Waals surface area contributed by atoms with Crippen molar-refractivity contribution in [2.75, 3.05) is 4.90 Å². The summed E-state index contributed by atoms with van der Waals surface area (Å²) in [5.41, 5.74) is 12.8. The monoisotopic (exact) mass is 701 g/mol. The first-order valence-electron chi connectivity index (χ1n) is 18.9. The van der Waals surface area contributed by atoms with E-state index in [1.54, 1.807) is 0 Å². The molecule has 3 nitrogen and oxygen atoms in total. The van der Waals surface area contributed by atoms with Crippen LogP contribution in [0.25, 0.3) is 76.9 Å². The number of fused-ring (bicyclic) bond motifs is 7. The predicted octanol–water partition coefficient (Wildman–Crippen LogP) is 14.2. The van der Waals surface area contributed by atoms with Crippen molar-refractivity contribution in [3.05, 3.63) is 212 Å². The summed E-state index contributed by atoms with van der Waals surface area (Å²) in [6.07, 6.45) is 0. The number of nitrogens with zero attached hydrogens (tertiary/aromatic N) is 3. The molecule has 2 heterocycles. The highest BCUT2D eigenvalue weighted by Gasteiger charge is 2.21. The molecule has 9 aromatic carbocycles. The lowest BCUT2D eigenvalue weighted by atomic mass is 10.0. The second-order valence-electron chi connectivity index (χ2n) is 14.2. The van der Waals surface area contributed by atoms with Gasteiger partial charge in [0.15, 0.2) is 0 Å². The van der Waals surface area contributed by atoms with Gasteiger partial charge < -0.3 is 14.0 Å². The van der Waals surface area contributed by atoms with E-state index in [9.17, 15) is 0 Å². The molecular formula is C52H35N3. The topological polar surface area (TPSA) is 13.1 Å². The minimum Gasteiger partial charge on any atom is -0.310 e. The summed E-state index contributed by atoms with van der Waals surface area (Å²) in [5.74, 6) is 0. The van der Waals surface area contributed by atoms with Crippen molar-refractivity contribution in [1.29, 1.82) is 0 Å². The van der Waals surface area contributed by atoms with Crippen LogP contribution in [0.1, 0.15) is 0 Å². The Labute approximate surface area is 319 Å². The van der Waals surface area contributed by atoms with Gasteiger partial charge in [-0.2, -0.15) is 0 Å². The highest BCUT2D eigenvalue weighted by Crippen LogP contribution is 2.44. The van der Waals surface area contributed by atoms with Crippen LogP contribution < -0.4 is 4.90 Å². The van der Waals surface area contributed by atoms with E-state index in [1.165, 1.54) is 65.5 Å². The summed E-state index contributed by atoms with van der Waals surface area (Å²) < 4.78 is 4.84. The summed E-state index contributed by atoms with van der Waals surface area (Å²) in [5, 5.41) is 7.33. The Bertz CT molecular complexity index is 3190. The average molecular weight is 702 g/mol. The van der Waals surface area contributed by atoms with Gasteiger partial charge in [0.05, 0.1) is 27.8 Å². The Morgan fingerprint density at radius 1 is 0.291 bits per heavy atom. The summed E-state index contributed by atoms with van der Waals surface area (Å²) in [4.78, 5) is 2.43. The molecule has 11 rings (SSSR count). The molecule has 0 spiro atoms. The van der Waals surface area contributed by atoms with Gasteiger partial charge >= 0.3 is 0 Å². The van der Waals surface area contributed by atoms with E-state index >= 15 is 0 Å². The number of rotatable bonds is 6. The second-order valence-corrected chi connectivity index (χ2v) is 14.2. The molecule has 3 heteroatoms. The van der Waals surface area contributed by atoms with Crippen molar-refractivity contribution in [1.82, 2.24) is 9.13 Å². The van der Waals surface area contributed by atoms with Crippen LogP contribution in [0.2, 0.25) is 0 Å². The first-order chi connectivity index (χ1) is 27.3. The van der Waals surface area contributed by atoms with Gasteiger partial charge in [-0.3, -0.25) is 0 Å². The van der Waals surface area contributed by atoms with E-state index in [2.05, 4.69) is 226 Å². The van der Waals surface area contributed by atoms with Crippen LogP contribution in [0.15, 0.2) is 212 Å². The lowest BCUT2D eigenvalue weighted by Gasteiger charge is -2.27. The molecule has 55 heavy (non-hydrogen) atoms. The molecule has 258 valence electrons. The molecule has 0 saturated carbocycles. The minimum absolute atomic E-state index is 1.10. The average Bonchev–Trinajstić information content (AvgIpc) is 3.75. The summed E-state index contributed by atoms with van der Waals surface area (Å²) in [6.45, 7) is 0. The fourth-order valence-corrected chi connectivity index (χ4v) is 8.60. The summed E-state index contributed by atoms with van der Waals surface area (Å²) in [7, 11) is 0. The lowest BCUT2D eigenvalue weighted by molar-refractivity contribution is 1.16. The molecule has 0 fully saturated rings. The van der Waals surface area contributed by atoms with Crippen LogP contribution in [0.3, 0.4) is 0 Å². The third-order valence-corrected chi connectivity index (χ3v) is 11.0. The molecule has 0 unspecified atom stereocenters. The fourth-order valence-electron chi connectivity index (χ4n) is 8.60. The quantitative estimate of drug-likeness (QED) is 0.168. The van der Waals surface area contributed by atoms with E-state index in [0.29, 0.717) is 0 Å². The van der Waals surface area contributed by atoms with Gasteiger partial charge in [0.25, 0.3) is 0 Å². The minimum atomic E-state index is 1.10. The SMILES string of the molecule is c1ccc(-c2cccc(N(c3ccc4c(c3)c3cc5c6ccccc6n(-c6ccccc6)c5cc3n4-c3ccccc3)c3cccc4ccccc34)c2)cc1. The van der Waals surface area contributed by atoms with Gasteiger partial charge in [0.1, 0.15) is 0 Å². The van der Waals surface area contributed by atoms with Gasteiger partial charge in [-0.1, -0.05) is 133 Å². The first kappa shape index (κ1) is 31.2. The van der Waals surface area contributed by atoms with Gasteiger partial charge in [0, 0.05) is 49.7 Å². The maximum Gasteiger partial charge on any atom is 0.0562 e. The van der Waals surface area contributed by atoms with Gasteiger partial charge in [-0.05, 0) is 95.4 Å². The van der Waals surface area contributed by atoms with E-state index in [-0.39, 0.29) is 0 Å². The van der Waals surface area contributed by atoms with Crippen molar-refractivity contribution >= 4 is 71.4 Å². The smallest absolute Gasteiger partial charge is 0.0562 e. The molecule has 0 amide bonds. The second kappa shape index (κ2) is 12.6. The third kappa shape index (κ3) is 5.05. The molecule has 0 aliphatic heterocycles. The first-order valence-corrected chi connectivity index (χ1v) is 18.9. The Morgan fingerprint density at radius 3 is 1.56 bits per heavy atom. The number of anilines is 3. The van der Waals surface area contributed by atoms with E-state index in [1.807, 2.05) is 0 Å². The number of benzene rings is 9. The molecule has 2 aromatic heterocycles. The molecular weight excluding hydrogens is 667 g/mol. The van der Waals surface area contributed by atoms with Crippen LogP contribution in [0, 0.1) is 0 Å². The van der Waals surface area contributed by atoms with Crippen molar-refractivity contribution < 1.29 is 0 Å². The highest BCUT2D eigenvalue weighted by atomic mass is 15.1. The molecule has 0 radical (unpaired) electrons. The van der Waals surface area contributed by atoms with Crippen LogP contribution in [-0.2, 0) is 0 Å². The highest BCUT2D eigenvalue weighted by molar-refractivity contribution is 6.20. The molecule has 0 N–H and O–H groups in total. The van der Waals surface area contributed by atoms with Gasteiger partial charge in [-0.15, -0.1) is 0 Å². The Hall–Kier alpha value is -7.36. The van der Waals surface area contributed by atoms with Gasteiger partial charge in [0.2, 0.25) is 0 Å². The largest absolute Gasteiger partial charge is 0.310 e. The molecule has 0 aliphatic carbocycles. The van der Waals surface area contributed by atoms with Crippen LogP contribution >= 0.6 is 0 Å². The van der Waals surface area contributed by atoms with E-state index < -0.39 is 0 Å². The van der Waals surface area contributed by atoms with Crippen LogP contribution in [-0.4, -0.2) is 9.13 Å². The van der Waals surface area contributed by atoms with Crippen molar-refractivity contribution in [2.45, 2.75) is 0 Å². The standard InChI is InChI=1S/C52H35N3/c1-4-16-36(17-5-1)38-20-14-25-41(32-38)53(48-29-15-19-37-18-10-11-26-43(37)48)42-30-31-50-45(33-42)47-34-46-44-27-12-13-28-49(44)54(39-21-6-2-7-22-39)51(46)35-52(47)55(50)40-23-8-3-9-24-40/h1-35H. The summed E-state index contributed by atoms with van der Waals surface area (Å²) in [6, 6.07) is 77.0. The molecule has 0 saturated heterocycles. The number of hydrogen-bond donors (Lipinski definition) is 0. The van der Waals surface area contributed by atoms with Crippen LogP contribution in [0.5, 0.6) is 0 Å². The zero-order valence-electron chi connectivity index (χ0n) is 30.0. The van der Waals surface area contributed by atoms with Crippen molar-refractivity contribution in [3.63, 3.8) is 0 Å². The third-order valence-electron chi connectivity index (χ3n) is 11.0.